The van der Waals surface area contributed by atoms with Crippen LogP contribution in [0, 0.1) is 5.92 Å². The molecule has 0 spiro atoms. The fraction of sp³-hybridized carbons (Fsp3) is 0.562. The van der Waals surface area contributed by atoms with Crippen LogP contribution < -0.4 is 15.8 Å². The second-order valence-electron chi connectivity index (χ2n) is 6.43. The van der Waals surface area contributed by atoms with Gasteiger partial charge in [-0.15, -0.1) is 0 Å². The highest BCUT2D eigenvalue weighted by Gasteiger charge is 2.09. The average molecular weight is 277 g/mol. The maximum Gasteiger partial charge on any atom is 0.189 e. The zero-order valence-electron chi connectivity index (χ0n) is 13.2. The van der Waals surface area contributed by atoms with Crippen LogP contribution in [-0.2, 0) is 6.54 Å². The largest absolute Gasteiger partial charge is 0.493 e. The second kappa shape index (κ2) is 7.17. The fourth-order valence-corrected chi connectivity index (χ4v) is 1.55. The van der Waals surface area contributed by atoms with E-state index in [9.17, 15) is 0 Å². The van der Waals surface area contributed by atoms with Crippen molar-refractivity contribution < 1.29 is 4.74 Å². The van der Waals surface area contributed by atoms with Gasteiger partial charge in [0.15, 0.2) is 5.96 Å². The van der Waals surface area contributed by atoms with Crippen LogP contribution in [0.25, 0.3) is 0 Å². The highest BCUT2D eigenvalue weighted by Crippen LogP contribution is 2.13. The van der Waals surface area contributed by atoms with Crippen LogP contribution in [0.1, 0.15) is 40.2 Å². The lowest BCUT2D eigenvalue weighted by Crippen LogP contribution is -2.44. The minimum Gasteiger partial charge on any atom is -0.493 e. The summed E-state index contributed by atoms with van der Waals surface area (Å²) < 4.78 is 5.64. The van der Waals surface area contributed by atoms with Crippen molar-refractivity contribution in [2.75, 3.05) is 6.61 Å². The predicted molar refractivity (Wildman–Crippen MR) is 85.0 cm³/mol. The third kappa shape index (κ3) is 7.02. The van der Waals surface area contributed by atoms with Gasteiger partial charge in [0.05, 0.1) is 13.2 Å². The Balaban J connectivity index is 2.51. The van der Waals surface area contributed by atoms with Gasteiger partial charge in [-0.1, -0.05) is 26.0 Å². The zero-order chi connectivity index (χ0) is 15.2. The molecule has 0 aliphatic rings. The van der Waals surface area contributed by atoms with Gasteiger partial charge in [0, 0.05) is 5.54 Å². The number of nitrogens with zero attached hydrogens (tertiary/aromatic N) is 1. The molecule has 0 radical (unpaired) electrons. The smallest absolute Gasteiger partial charge is 0.189 e. The van der Waals surface area contributed by atoms with Crippen LogP contribution in [0.5, 0.6) is 5.75 Å². The number of hydrogen-bond donors (Lipinski definition) is 2. The molecule has 4 nitrogen and oxygen atoms in total. The summed E-state index contributed by atoms with van der Waals surface area (Å²) in [5, 5.41) is 3.14. The summed E-state index contributed by atoms with van der Waals surface area (Å²) in [7, 11) is 0. The summed E-state index contributed by atoms with van der Waals surface area (Å²) in [5.41, 5.74) is 6.88. The monoisotopic (exact) mass is 277 g/mol. The minimum atomic E-state index is -0.0673. The molecule has 4 heteroatoms. The molecule has 112 valence electrons. The van der Waals surface area contributed by atoms with Crippen molar-refractivity contribution in [2.45, 2.75) is 46.7 Å². The molecule has 0 atom stereocenters. The summed E-state index contributed by atoms with van der Waals surface area (Å²) >= 11 is 0. The van der Waals surface area contributed by atoms with E-state index in [0.29, 0.717) is 18.4 Å². The van der Waals surface area contributed by atoms with Crippen molar-refractivity contribution in [3.63, 3.8) is 0 Å². The number of nitrogens with two attached hydrogens (primary N) is 1. The van der Waals surface area contributed by atoms with E-state index in [1.165, 1.54) is 0 Å². The number of guanidine groups is 1. The molecule has 0 bridgehead atoms. The van der Waals surface area contributed by atoms with Crippen molar-refractivity contribution in [1.82, 2.24) is 5.32 Å². The molecule has 1 aromatic rings. The molecule has 3 N–H and O–H groups in total. The van der Waals surface area contributed by atoms with Gasteiger partial charge >= 0.3 is 0 Å². The van der Waals surface area contributed by atoms with E-state index < -0.39 is 0 Å². The Labute approximate surface area is 122 Å². The molecule has 0 saturated heterocycles. The van der Waals surface area contributed by atoms with E-state index in [0.717, 1.165) is 17.9 Å². The average Bonchev–Trinajstić information content (AvgIpc) is 2.33. The third-order valence-corrected chi connectivity index (χ3v) is 2.44. The first kappa shape index (κ1) is 16.3. The standard InChI is InChI=1S/C16H27N3O/c1-12(2)11-20-14-8-6-13(7-9-14)10-18-15(17)19-16(3,4)5/h6-9,12H,10-11H2,1-5H3,(H3,17,18,19). The van der Waals surface area contributed by atoms with Crippen molar-refractivity contribution in [1.29, 1.82) is 0 Å². The Morgan fingerprint density at radius 3 is 2.35 bits per heavy atom. The van der Waals surface area contributed by atoms with Crippen molar-refractivity contribution in [3.8, 4) is 5.75 Å². The maximum atomic E-state index is 5.83. The fourth-order valence-electron chi connectivity index (χ4n) is 1.55. The maximum absolute atomic E-state index is 5.83. The molecule has 0 saturated carbocycles. The van der Waals surface area contributed by atoms with E-state index in [-0.39, 0.29) is 5.54 Å². The molecular weight excluding hydrogens is 250 g/mol. The predicted octanol–water partition coefficient (Wildman–Crippen LogP) is 2.92. The quantitative estimate of drug-likeness (QED) is 0.642. The van der Waals surface area contributed by atoms with E-state index in [2.05, 4.69) is 44.9 Å². The lowest BCUT2D eigenvalue weighted by Gasteiger charge is -2.21. The summed E-state index contributed by atoms with van der Waals surface area (Å²) in [6.07, 6.45) is 0. The van der Waals surface area contributed by atoms with Crippen LogP contribution in [0.3, 0.4) is 0 Å². The van der Waals surface area contributed by atoms with Gasteiger partial charge in [0.25, 0.3) is 0 Å². The SMILES string of the molecule is CC(C)COc1ccc(CN=C(N)NC(C)(C)C)cc1. The van der Waals surface area contributed by atoms with Crippen LogP contribution >= 0.6 is 0 Å². The lowest BCUT2D eigenvalue weighted by atomic mass is 10.1. The topological polar surface area (TPSA) is 59.6 Å². The van der Waals surface area contributed by atoms with Crippen molar-refractivity contribution in [3.05, 3.63) is 29.8 Å². The Morgan fingerprint density at radius 1 is 1.25 bits per heavy atom. The molecule has 1 aromatic carbocycles. The molecule has 0 aliphatic carbocycles. The molecule has 0 amide bonds. The normalized spacial score (nSPS) is 12.6. The van der Waals surface area contributed by atoms with Gasteiger partial charge in [-0.3, -0.25) is 0 Å². The minimum absolute atomic E-state index is 0.0673. The number of aliphatic imine (C=N–C) groups is 1. The van der Waals surface area contributed by atoms with Gasteiger partial charge < -0.3 is 15.8 Å². The van der Waals surface area contributed by atoms with Crippen molar-refractivity contribution >= 4 is 5.96 Å². The van der Waals surface area contributed by atoms with E-state index in [1.807, 2.05) is 24.3 Å². The number of ether oxygens (including phenoxy) is 1. The Kier molecular flexibility index (Phi) is 5.86. The summed E-state index contributed by atoms with van der Waals surface area (Å²) in [5.74, 6) is 1.90. The third-order valence-electron chi connectivity index (χ3n) is 2.44. The second-order valence-corrected chi connectivity index (χ2v) is 6.43. The summed E-state index contributed by atoms with van der Waals surface area (Å²) in [6, 6.07) is 7.98. The van der Waals surface area contributed by atoms with E-state index in [1.54, 1.807) is 0 Å². The van der Waals surface area contributed by atoms with Crippen LogP contribution in [0.15, 0.2) is 29.3 Å². The molecule has 20 heavy (non-hydrogen) atoms. The van der Waals surface area contributed by atoms with Gasteiger partial charge in [0.2, 0.25) is 0 Å². The number of hydrogen-bond acceptors (Lipinski definition) is 2. The highest BCUT2D eigenvalue weighted by molar-refractivity contribution is 5.78. The molecule has 0 heterocycles. The first-order valence-electron chi connectivity index (χ1n) is 7.06. The zero-order valence-corrected chi connectivity index (χ0v) is 13.2. The molecule has 0 fully saturated rings. The Morgan fingerprint density at radius 2 is 1.85 bits per heavy atom. The molecular formula is C16H27N3O. The summed E-state index contributed by atoms with van der Waals surface area (Å²) in [6.45, 7) is 11.7. The van der Waals surface area contributed by atoms with E-state index in [4.69, 9.17) is 10.5 Å². The number of nitrogens with one attached hydrogen (secondary N) is 1. The number of rotatable bonds is 5. The summed E-state index contributed by atoms with van der Waals surface area (Å²) in [4.78, 5) is 4.33. The number of benzene rings is 1. The van der Waals surface area contributed by atoms with Gasteiger partial charge in [0.1, 0.15) is 5.75 Å². The lowest BCUT2D eigenvalue weighted by molar-refractivity contribution is 0.271. The van der Waals surface area contributed by atoms with Gasteiger partial charge in [-0.25, -0.2) is 4.99 Å². The first-order valence-corrected chi connectivity index (χ1v) is 7.06. The van der Waals surface area contributed by atoms with E-state index >= 15 is 0 Å². The Bertz CT molecular complexity index is 430. The molecule has 0 unspecified atom stereocenters. The first-order chi connectivity index (χ1) is 9.26. The van der Waals surface area contributed by atoms with Gasteiger partial charge in [-0.05, 0) is 44.4 Å². The van der Waals surface area contributed by atoms with Gasteiger partial charge in [-0.2, -0.15) is 0 Å². The molecule has 1 rings (SSSR count). The Hall–Kier alpha value is -1.71. The van der Waals surface area contributed by atoms with Crippen LogP contribution in [0.4, 0.5) is 0 Å². The molecule has 0 aliphatic heterocycles. The highest BCUT2D eigenvalue weighted by atomic mass is 16.5. The van der Waals surface area contributed by atoms with Crippen LogP contribution in [-0.4, -0.2) is 18.1 Å². The van der Waals surface area contributed by atoms with Crippen molar-refractivity contribution in [2.24, 2.45) is 16.6 Å². The van der Waals surface area contributed by atoms with Crippen LogP contribution in [0.2, 0.25) is 0 Å². The molecule has 0 aromatic heterocycles.